The zero-order valence-electron chi connectivity index (χ0n) is 12.0. The van der Waals surface area contributed by atoms with Gasteiger partial charge in [0.2, 0.25) is 0 Å². The molecule has 0 radical (unpaired) electrons. The fourth-order valence-corrected chi connectivity index (χ4v) is 2.26. The van der Waals surface area contributed by atoms with Gasteiger partial charge in [0, 0.05) is 11.6 Å². The summed E-state index contributed by atoms with van der Waals surface area (Å²) in [5.41, 5.74) is 6.52. The van der Waals surface area contributed by atoms with Crippen LogP contribution in [-0.4, -0.2) is 24.4 Å². The van der Waals surface area contributed by atoms with Crippen LogP contribution in [0.25, 0.3) is 11.5 Å². The first kappa shape index (κ1) is 15.6. The van der Waals surface area contributed by atoms with Crippen molar-refractivity contribution in [2.24, 2.45) is 5.73 Å². The first-order valence-corrected chi connectivity index (χ1v) is 6.51. The second-order valence-corrected chi connectivity index (χ2v) is 5.03. The molecular formula is C14H18ClN3O3. The maximum absolute atomic E-state index is 6.19. The molecule has 1 heterocycles. The minimum Gasteiger partial charge on any atom is -0.497 e. The summed E-state index contributed by atoms with van der Waals surface area (Å²) in [7, 11) is 3.20. The smallest absolute Gasteiger partial charge is 0.258 e. The second kappa shape index (κ2) is 5.91. The first-order chi connectivity index (χ1) is 9.64. The summed E-state index contributed by atoms with van der Waals surface area (Å²) in [6, 6.07) is 5.44. The van der Waals surface area contributed by atoms with Crippen molar-refractivity contribution in [1.82, 2.24) is 10.1 Å². The molecule has 7 heteroatoms. The summed E-state index contributed by atoms with van der Waals surface area (Å²) in [4.78, 5) is 4.41. The highest BCUT2D eigenvalue weighted by atomic mass is 35.5. The number of nitrogens with two attached hydrogens (primary N) is 1. The van der Waals surface area contributed by atoms with Crippen molar-refractivity contribution < 1.29 is 14.0 Å². The summed E-state index contributed by atoms with van der Waals surface area (Å²) in [5.74, 6) is 2.34. The average Bonchev–Trinajstić information content (AvgIpc) is 2.94. The number of nitrogens with zero attached hydrogens (tertiary/aromatic N) is 2. The van der Waals surface area contributed by atoms with E-state index in [4.69, 9.17) is 19.7 Å². The minimum atomic E-state index is -0.426. The van der Waals surface area contributed by atoms with Crippen LogP contribution in [0.5, 0.6) is 11.5 Å². The summed E-state index contributed by atoms with van der Waals surface area (Å²) in [6.07, 6.45) is 2.90. The molecule has 0 unspecified atom stereocenters. The van der Waals surface area contributed by atoms with Crippen LogP contribution in [-0.2, 0) is 5.54 Å². The normalized spacial score (nSPS) is 15.8. The fourth-order valence-electron chi connectivity index (χ4n) is 2.26. The lowest BCUT2D eigenvalue weighted by Crippen LogP contribution is -2.44. The van der Waals surface area contributed by atoms with E-state index in [2.05, 4.69) is 10.1 Å². The molecule has 0 saturated heterocycles. The summed E-state index contributed by atoms with van der Waals surface area (Å²) >= 11 is 0. The lowest BCUT2D eigenvalue weighted by molar-refractivity contribution is 0.229. The predicted octanol–water partition coefficient (Wildman–Crippen LogP) is 2.51. The van der Waals surface area contributed by atoms with Crippen molar-refractivity contribution in [3.63, 3.8) is 0 Å². The van der Waals surface area contributed by atoms with Crippen LogP contribution in [0.15, 0.2) is 22.7 Å². The summed E-state index contributed by atoms with van der Waals surface area (Å²) in [6.45, 7) is 0. The van der Waals surface area contributed by atoms with E-state index in [-0.39, 0.29) is 12.4 Å². The van der Waals surface area contributed by atoms with E-state index in [0.717, 1.165) is 24.8 Å². The van der Waals surface area contributed by atoms with Crippen molar-refractivity contribution in [2.75, 3.05) is 14.2 Å². The van der Waals surface area contributed by atoms with Gasteiger partial charge in [0.25, 0.3) is 5.89 Å². The second-order valence-electron chi connectivity index (χ2n) is 5.03. The van der Waals surface area contributed by atoms with Gasteiger partial charge in [-0.05, 0) is 31.4 Å². The molecule has 2 N–H and O–H groups in total. The highest BCUT2D eigenvalue weighted by Crippen LogP contribution is 2.38. The Morgan fingerprint density at radius 2 is 1.76 bits per heavy atom. The molecular weight excluding hydrogens is 294 g/mol. The van der Waals surface area contributed by atoms with Gasteiger partial charge in [-0.15, -0.1) is 12.4 Å². The van der Waals surface area contributed by atoms with Gasteiger partial charge in [-0.2, -0.15) is 4.98 Å². The third kappa shape index (κ3) is 2.82. The zero-order chi connectivity index (χ0) is 14.2. The summed E-state index contributed by atoms with van der Waals surface area (Å²) in [5, 5.41) is 4.00. The first-order valence-electron chi connectivity index (χ1n) is 6.51. The van der Waals surface area contributed by atoms with Crippen molar-refractivity contribution in [3.05, 3.63) is 24.0 Å². The molecule has 2 aromatic rings. The zero-order valence-corrected chi connectivity index (χ0v) is 12.8. The van der Waals surface area contributed by atoms with Crippen LogP contribution in [0.3, 0.4) is 0 Å². The minimum absolute atomic E-state index is 0. The van der Waals surface area contributed by atoms with Crippen molar-refractivity contribution in [2.45, 2.75) is 24.8 Å². The van der Waals surface area contributed by atoms with Crippen molar-refractivity contribution in [1.29, 1.82) is 0 Å². The van der Waals surface area contributed by atoms with Gasteiger partial charge in [0.05, 0.1) is 19.8 Å². The molecule has 0 spiro atoms. The maximum atomic E-state index is 6.19. The highest BCUT2D eigenvalue weighted by molar-refractivity contribution is 5.85. The van der Waals surface area contributed by atoms with Gasteiger partial charge in [0.15, 0.2) is 5.82 Å². The number of ether oxygens (including phenoxy) is 2. The van der Waals surface area contributed by atoms with Crippen LogP contribution in [0.1, 0.15) is 25.1 Å². The summed E-state index contributed by atoms with van der Waals surface area (Å²) < 4.78 is 15.8. The third-order valence-electron chi connectivity index (χ3n) is 3.72. The molecule has 114 valence electrons. The number of aromatic nitrogens is 2. The topological polar surface area (TPSA) is 83.4 Å². The van der Waals surface area contributed by atoms with Gasteiger partial charge in [-0.1, -0.05) is 5.16 Å². The van der Waals surface area contributed by atoms with Crippen molar-refractivity contribution in [3.8, 4) is 23.0 Å². The Morgan fingerprint density at radius 1 is 1.14 bits per heavy atom. The quantitative estimate of drug-likeness (QED) is 0.934. The molecule has 0 aliphatic heterocycles. The number of hydrogen-bond donors (Lipinski definition) is 1. The molecule has 0 atom stereocenters. The van der Waals surface area contributed by atoms with E-state index in [1.54, 1.807) is 20.3 Å². The van der Waals surface area contributed by atoms with E-state index in [1.807, 2.05) is 12.1 Å². The SMILES string of the molecule is COc1cc(OC)cc(-c2nc(C3(N)CCC3)no2)c1.Cl. The Morgan fingerprint density at radius 3 is 2.24 bits per heavy atom. The van der Waals surface area contributed by atoms with Crippen molar-refractivity contribution >= 4 is 12.4 Å². The third-order valence-corrected chi connectivity index (χ3v) is 3.72. The van der Waals surface area contributed by atoms with E-state index in [0.29, 0.717) is 23.2 Å². The Bertz CT molecular complexity index is 603. The largest absolute Gasteiger partial charge is 0.497 e. The molecule has 0 amide bonds. The van der Waals surface area contributed by atoms with Gasteiger partial charge in [-0.25, -0.2) is 0 Å². The average molecular weight is 312 g/mol. The van der Waals surface area contributed by atoms with Gasteiger partial charge >= 0.3 is 0 Å². The Balaban J connectivity index is 0.00000161. The number of methoxy groups -OCH3 is 2. The molecule has 1 fully saturated rings. The predicted molar refractivity (Wildman–Crippen MR) is 79.8 cm³/mol. The molecule has 3 rings (SSSR count). The number of halogens is 1. The van der Waals surface area contributed by atoms with Crippen LogP contribution >= 0.6 is 12.4 Å². The number of benzene rings is 1. The molecule has 1 aromatic carbocycles. The van der Waals surface area contributed by atoms with Gasteiger partial charge < -0.3 is 19.7 Å². The Kier molecular flexibility index (Phi) is 4.39. The fraction of sp³-hybridized carbons (Fsp3) is 0.429. The van der Waals surface area contributed by atoms with Crippen LogP contribution in [0, 0.1) is 0 Å². The Hall–Kier alpha value is -1.79. The number of rotatable bonds is 4. The van der Waals surface area contributed by atoms with Crippen LogP contribution in [0.2, 0.25) is 0 Å². The molecule has 1 aliphatic carbocycles. The molecule has 21 heavy (non-hydrogen) atoms. The Labute approximate surface area is 129 Å². The van der Waals surface area contributed by atoms with Crippen LogP contribution < -0.4 is 15.2 Å². The molecule has 1 saturated carbocycles. The molecule has 1 aromatic heterocycles. The van der Waals surface area contributed by atoms with E-state index >= 15 is 0 Å². The standard InChI is InChI=1S/C14H17N3O3.ClH/c1-18-10-6-9(7-11(8-10)19-2)12-16-13(17-20-12)14(15)4-3-5-14;/h6-8H,3-5,15H2,1-2H3;1H. The molecule has 0 bridgehead atoms. The van der Waals surface area contributed by atoms with Crippen LogP contribution in [0.4, 0.5) is 0 Å². The monoisotopic (exact) mass is 311 g/mol. The number of hydrogen-bond acceptors (Lipinski definition) is 6. The highest BCUT2D eigenvalue weighted by Gasteiger charge is 2.39. The van der Waals surface area contributed by atoms with E-state index in [9.17, 15) is 0 Å². The van der Waals surface area contributed by atoms with E-state index in [1.165, 1.54) is 0 Å². The van der Waals surface area contributed by atoms with E-state index < -0.39 is 5.54 Å². The van der Waals surface area contributed by atoms with Gasteiger partial charge in [0.1, 0.15) is 11.5 Å². The van der Waals surface area contributed by atoms with Gasteiger partial charge in [-0.3, -0.25) is 0 Å². The lowest BCUT2D eigenvalue weighted by atomic mass is 9.77. The maximum Gasteiger partial charge on any atom is 0.258 e. The molecule has 1 aliphatic rings. The molecule has 6 nitrogen and oxygen atoms in total. The lowest BCUT2D eigenvalue weighted by Gasteiger charge is -2.34.